The van der Waals surface area contributed by atoms with Gasteiger partial charge in [0.15, 0.2) is 0 Å². The molecule has 0 heterocycles. The third-order valence-corrected chi connectivity index (χ3v) is 9.85. The van der Waals surface area contributed by atoms with E-state index in [4.69, 9.17) is 0 Å². The SMILES string of the molecule is CCCC[C@H]1CC[C@H]([C@H]2CC[C@H](CCC3CCC(c4ccc(CF)cc4)CC3)CC2)CC1. The highest BCUT2D eigenvalue weighted by atomic mass is 19.1. The van der Waals surface area contributed by atoms with E-state index in [0.717, 1.165) is 35.2 Å². The minimum absolute atomic E-state index is 0.338. The van der Waals surface area contributed by atoms with E-state index in [1.165, 1.54) is 102 Å². The van der Waals surface area contributed by atoms with E-state index in [1.54, 1.807) is 12.8 Å². The Bertz CT molecular complexity index is 625. The summed E-state index contributed by atoms with van der Waals surface area (Å²) in [6, 6.07) is 8.32. The summed E-state index contributed by atoms with van der Waals surface area (Å²) >= 11 is 0. The molecular weight excluding hydrogens is 391 g/mol. The first-order valence-corrected chi connectivity index (χ1v) is 14.4. The molecule has 1 aromatic rings. The second-order valence-corrected chi connectivity index (χ2v) is 11.9. The first-order valence-electron chi connectivity index (χ1n) is 14.4. The van der Waals surface area contributed by atoms with Crippen molar-refractivity contribution in [1.29, 1.82) is 0 Å². The van der Waals surface area contributed by atoms with Gasteiger partial charge in [0, 0.05) is 0 Å². The maximum absolute atomic E-state index is 12.8. The zero-order chi connectivity index (χ0) is 22.2. The van der Waals surface area contributed by atoms with E-state index in [-0.39, 0.29) is 6.67 Å². The Hall–Kier alpha value is -0.850. The molecule has 0 atom stereocenters. The van der Waals surface area contributed by atoms with Crippen LogP contribution in [0.25, 0.3) is 0 Å². The lowest BCUT2D eigenvalue weighted by Crippen LogP contribution is -2.26. The van der Waals surface area contributed by atoms with Crippen LogP contribution in [0.2, 0.25) is 0 Å². The summed E-state index contributed by atoms with van der Waals surface area (Å²) in [5, 5.41) is 0. The minimum atomic E-state index is -0.338. The summed E-state index contributed by atoms with van der Waals surface area (Å²) in [6.07, 6.45) is 25.1. The van der Waals surface area contributed by atoms with Crippen LogP contribution in [0.15, 0.2) is 24.3 Å². The molecule has 0 amide bonds. The van der Waals surface area contributed by atoms with Gasteiger partial charge in [-0.15, -0.1) is 0 Å². The van der Waals surface area contributed by atoms with Gasteiger partial charge in [-0.25, -0.2) is 4.39 Å². The van der Waals surface area contributed by atoms with E-state index in [1.807, 2.05) is 12.1 Å². The standard InChI is InChI=1S/C31H49F/c1-2-3-4-24-7-15-28(16-8-24)29-17-9-25(10-18-29)5-6-26-11-19-30(20-12-26)31-21-13-27(23-32)14-22-31/h13-14,21-22,24-26,28-30H,2-12,15-20,23H2,1H3/t24-,25-,26?,28-,29-,30?. The van der Waals surface area contributed by atoms with Crippen molar-refractivity contribution in [2.75, 3.05) is 0 Å². The van der Waals surface area contributed by atoms with Crippen LogP contribution in [0.1, 0.15) is 133 Å². The molecule has 0 spiro atoms. The Morgan fingerprint density at radius 2 is 1.09 bits per heavy atom. The van der Waals surface area contributed by atoms with Crippen molar-refractivity contribution in [3.8, 4) is 0 Å². The lowest BCUT2D eigenvalue weighted by Gasteiger charge is -2.38. The molecular formula is C31H49F. The van der Waals surface area contributed by atoms with Gasteiger partial charge in [-0.1, -0.05) is 89.0 Å². The number of hydrogen-bond acceptors (Lipinski definition) is 0. The second-order valence-electron chi connectivity index (χ2n) is 11.9. The van der Waals surface area contributed by atoms with Crippen LogP contribution in [0, 0.1) is 29.6 Å². The molecule has 1 aromatic carbocycles. The molecule has 32 heavy (non-hydrogen) atoms. The molecule has 0 nitrogen and oxygen atoms in total. The molecule has 4 rings (SSSR count). The average molecular weight is 441 g/mol. The molecule has 3 aliphatic carbocycles. The van der Waals surface area contributed by atoms with Gasteiger partial charge in [0.2, 0.25) is 0 Å². The van der Waals surface area contributed by atoms with E-state index < -0.39 is 0 Å². The fraction of sp³-hybridized carbons (Fsp3) is 0.806. The predicted molar refractivity (Wildman–Crippen MR) is 136 cm³/mol. The average Bonchev–Trinajstić information content (AvgIpc) is 2.87. The second kappa shape index (κ2) is 12.6. The zero-order valence-corrected chi connectivity index (χ0v) is 20.9. The summed E-state index contributed by atoms with van der Waals surface area (Å²) in [5.41, 5.74) is 2.26. The van der Waals surface area contributed by atoms with Gasteiger partial charge in [-0.2, -0.15) is 0 Å². The van der Waals surface area contributed by atoms with Crippen LogP contribution in [0.3, 0.4) is 0 Å². The smallest absolute Gasteiger partial charge is 0.115 e. The molecule has 1 heteroatoms. The third-order valence-electron chi connectivity index (χ3n) is 9.85. The Morgan fingerprint density at radius 1 is 0.625 bits per heavy atom. The Labute approximate surface area is 198 Å². The summed E-state index contributed by atoms with van der Waals surface area (Å²) in [4.78, 5) is 0. The van der Waals surface area contributed by atoms with Crippen molar-refractivity contribution in [3.05, 3.63) is 35.4 Å². The largest absolute Gasteiger partial charge is 0.246 e. The molecule has 0 bridgehead atoms. The molecule has 0 radical (unpaired) electrons. The lowest BCUT2D eigenvalue weighted by atomic mass is 9.68. The highest BCUT2D eigenvalue weighted by Gasteiger charge is 2.31. The summed E-state index contributed by atoms with van der Waals surface area (Å²) in [6.45, 7) is 2.00. The predicted octanol–water partition coefficient (Wildman–Crippen LogP) is 10.0. The van der Waals surface area contributed by atoms with Gasteiger partial charge in [-0.05, 0) is 98.0 Å². The Morgan fingerprint density at radius 3 is 1.56 bits per heavy atom. The molecule has 180 valence electrons. The molecule has 0 saturated heterocycles. The normalized spacial score (nSPS) is 33.8. The van der Waals surface area contributed by atoms with Crippen LogP contribution in [-0.4, -0.2) is 0 Å². The van der Waals surface area contributed by atoms with E-state index in [0.29, 0.717) is 5.92 Å². The van der Waals surface area contributed by atoms with Crippen LogP contribution >= 0.6 is 0 Å². The zero-order valence-electron chi connectivity index (χ0n) is 20.9. The van der Waals surface area contributed by atoms with Gasteiger partial charge < -0.3 is 0 Å². The van der Waals surface area contributed by atoms with E-state index in [2.05, 4.69) is 19.1 Å². The molecule has 3 fully saturated rings. The van der Waals surface area contributed by atoms with Crippen molar-refractivity contribution >= 4 is 0 Å². The molecule has 3 aliphatic rings. The van der Waals surface area contributed by atoms with Crippen LogP contribution < -0.4 is 0 Å². The Kier molecular flexibility index (Phi) is 9.54. The summed E-state index contributed by atoms with van der Waals surface area (Å²) in [5.74, 6) is 5.91. The van der Waals surface area contributed by atoms with Crippen molar-refractivity contribution in [2.24, 2.45) is 29.6 Å². The number of benzene rings is 1. The molecule has 0 unspecified atom stereocenters. The van der Waals surface area contributed by atoms with Gasteiger partial charge in [-0.3, -0.25) is 0 Å². The van der Waals surface area contributed by atoms with Gasteiger partial charge >= 0.3 is 0 Å². The van der Waals surface area contributed by atoms with Gasteiger partial charge in [0.25, 0.3) is 0 Å². The lowest BCUT2D eigenvalue weighted by molar-refractivity contribution is 0.136. The quantitative estimate of drug-likeness (QED) is 0.358. The van der Waals surface area contributed by atoms with Crippen LogP contribution in [0.4, 0.5) is 4.39 Å². The highest BCUT2D eigenvalue weighted by molar-refractivity contribution is 5.25. The Balaban J connectivity index is 1.10. The van der Waals surface area contributed by atoms with Gasteiger partial charge in [0.1, 0.15) is 6.67 Å². The number of unbranched alkanes of at least 4 members (excludes halogenated alkanes) is 1. The molecule has 3 saturated carbocycles. The molecule has 0 aromatic heterocycles. The first kappa shape index (κ1) is 24.3. The fourth-order valence-electron chi connectivity index (χ4n) is 7.52. The maximum atomic E-state index is 12.8. The summed E-state index contributed by atoms with van der Waals surface area (Å²) in [7, 11) is 0. The summed E-state index contributed by atoms with van der Waals surface area (Å²) < 4.78 is 12.8. The fourth-order valence-corrected chi connectivity index (χ4v) is 7.52. The first-order chi connectivity index (χ1) is 15.7. The van der Waals surface area contributed by atoms with Gasteiger partial charge in [0.05, 0.1) is 0 Å². The maximum Gasteiger partial charge on any atom is 0.115 e. The third kappa shape index (κ3) is 6.83. The van der Waals surface area contributed by atoms with E-state index in [9.17, 15) is 4.39 Å². The number of hydrogen-bond donors (Lipinski definition) is 0. The van der Waals surface area contributed by atoms with Crippen LogP contribution in [-0.2, 0) is 6.67 Å². The minimum Gasteiger partial charge on any atom is -0.246 e. The number of halogens is 1. The number of alkyl halides is 1. The highest BCUT2D eigenvalue weighted by Crippen LogP contribution is 2.44. The van der Waals surface area contributed by atoms with Crippen LogP contribution in [0.5, 0.6) is 0 Å². The van der Waals surface area contributed by atoms with Crippen molar-refractivity contribution in [1.82, 2.24) is 0 Å². The van der Waals surface area contributed by atoms with E-state index >= 15 is 0 Å². The molecule has 0 aliphatic heterocycles. The topological polar surface area (TPSA) is 0 Å². The molecule has 0 N–H and O–H groups in total. The number of rotatable bonds is 9. The van der Waals surface area contributed by atoms with Crippen molar-refractivity contribution in [3.63, 3.8) is 0 Å². The van der Waals surface area contributed by atoms with Crippen molar-refractivity contribution in [2.45, 2.75) is 129 Å². The van der Waals surface area contributed by atoms with Crippen molar-refractivity contribution < 1.29 is 4.39 Å². The monoisotopic (exact) mass is 440 g/mol.